The molecule has 2 aromatic carbocycles. The van der Waals surface area contributed by atoms with Crippen LogP contribution in [0.2, 0.25) is 0 Å². The molecule has 0 unspecified atom stereocenters. The van der Waals surface area contributed by atoms with Crippen LogP contribution in [0.4, 0.5) is 20.3 Å². The minimum atomic E-state index is -0.445. The molecule has 4 N–H and O–H groups in total. The van der Waals surface area contributed by atoms with Gasteiger partial charge in [-0.2, -0.15) is 0 Å². The molecule has 2 aromatic heterocycles. The number of halogens is 2. The quantitative estimate of drug-likeness (QED) is 0.384. The monoisotopic (exact) mass is 506 g/mol. The van der Waals surface area contributed by atoms with Crippen molar-refractivity contribution >= 4 is 22.5 Å². The number of ether oxygens (including phenoxy) is 2. The number of morpholine rings is 1. The number of methoxy groups -OCH3 is 1. The second-order valence-electron chi connectivity index (χ2n) is 9.59. The number of benzene rings is 2. The van der Waals surface area contributed by atoms with Crippen LogP contribution in [-0.4, -0.2) is 60.4 Å². The molecule has 0 spiro atoms. The maximum atomic E-state index is 14.5. The van der Waals surface area contributed by atoms with E-state index in [4.69, 9.17) is 20.2 Å². The predicted octanol–water partition coefficient (Wildman–Crippen LogP) is 4.04. The molecule has 0 saturated carbocycles. The maximum absolute atomic E-state index is 14.5. The molecule has 2 aliphatic rings. The molecular weight excluding hydrogens is 478 g/mol. The van der Waals surface area contributed by atoms with E-state index in [1.807, 2.05) is 13.0 Å². The number of piperidine rings is 1. The van der Waals surface area contributed by atoms with E-state index in [9.17, 15) is 8.78 Å². The molecule has 0 bridgehead atoms. The summed E-state index contributed by atoms with van der Waals surface area (Å²) in [4.78, 5) is 14.6. The SMILES string of the molecule is COc1cc(F)cc2[nH]c(-c3c(N)ncc(-c4cc(C)cc(F)c4)c3N3CC[C@@H]4NCCO[C@H]4C3)nc12. The van der Waals surface area contributed by atoms with E-state index >= 15 is 0 Å². The largest absolute Gasteiger partial charge is 0.494 e. The molecule has 2 aliphatic heterocycles. The van der Waals surface area contributed by atoms with Crippen molar-refractivity contribution in [3.8, 4) is 28.3 Å². The second-order valence-corrected chi connectivity index (χ2v) is 9.59. The number of nitrogens with one attached hydrogen (secondary N) is 2. The lowest BCUT2D eigenvalue weighted by Crippen LogP contribution is -2.58. The number of nitrogens with two attached hydrogens (primary N) is 1. The fraction of sp³-hybridized carbons (Fsp3) is 0.333. The Kier molecular flexibility index (Phi) is 5.92. The van der Waals surface area contributed by atoms with Crippen molar-refractivity contribution in [2.75, 3.05) is 44.0 Å². The lowest BCUT2D eigenvalue weighted by Gasteiger charge is -2.43. The Morgan fingerprint density at radius 3 is 2.81 bits per heavy atom. The zero-order chi connectivity index (χ0) is 25.7. The molecule has 0 radical (unpaired) electrons. The third-order valence-corrected chi connectivity index (χ3v) is 7.12. The smallest absolute Gasteiger partial charge is 0.149 e. The topological polar surface area (TPSA) is 101 Å². The van der Waals surface area contributed by atoms with Crippen LogP contribution in [0.15, 0.2) is 36.5 Å². The van der Waals surface area contributed by atoms with E-state index in [0.717, 1.165) is 36.3 Å². The van der Waals surface area contributed by atoms with Crippen molar-refractivity contribution < 1.29 is 18.3 Å². The number of anilines is 2. The van der Waals surface area contributed by atoms with Crippen LogP contribution in [0.3, 0.4) is 0 Å². The summed E-state index contributed by atoms with van der Waals surface area (Å²) >= 11 is 0. The number of pyridine rings is 1. The fourth-order valence-corrected chi connectivity index (χ4v) is 5.48. The number of hydrogen-bond donors (Lipinski definition) is 3. The van der Waals surface area contributed by atoms with Gasteiger partial charge in [-0.1, -0.05) is 6.07 Å². The average Bonchev–Trinajstić information content (AvgIpc) is 3.30. The van der Waals surface area contributed by atoms with Crippen LogP contribution >= 0.6 is 0 Å². The molecule has 2 fully saturated rings. The van der Waals surface area contributed by atoms with Gasteiger partial charge in [0.15, 0.2) is 0 Å². The van der Waals surface area contributed by atoms with E-state index in [1.165, 1.54) is 31.4 Å². The first-order valence-corrected chi connectivity index (χ1v) is 12.3. The molecule has 10 heteroatoms. The number of nitrogen functional groups attached to an aromatic ring is 1. The lowest BCUT2D eigenvalue weighted by atomic mass is 9.95. The maximum Gasteiger partial charge on any atom is 0.149 e. The molecule has 6 rings (SSSR count). The van der Waals surface area contributed by atoms with Gasteiger partial charge >= 0.3 is 0 Å². The molecule has 2 atom stereocenters. The van der Waals surface area contributed by atoms with E-state index in [2.05, 4.69) is 20.2 Å². The Morgan fingerprint density at radius 2 is 2.00 bits per heavy atom. The van der Waals surface area contributed by atoms with Crippen molar-refractivity contribution in [3.05, 3.63) is 53.7 Å². The number of aromatic nitrogens is 3. The summed E-state index contributed by atoms with van der Waals surface area (Å²) in [7, 11) is 1.47. The first-order valence-electron chi connectivity index (χ1n) is 12.3. The van der Waals surface area contributed by atoms with E-state index in [0.29, 0.717) is 46.9 Å². The van der Waals surface area contributed by atoms with Gasteiger partial charge in [0.25, 0.3) is 0 Å². The summed E-state index contributed by atoms with van der Waals surface area (Å²) in [6.45, 7) is 4.68. The van der Waals surface area contributed by atoms with Gasteiger partial charge in [-0.15, -0.1) is 0 Å². The number of H-pyrrole nitrogens is 1. The van der Waals surface area contributed by atoms with Gasteiger partial charge in [0, 0.05) is 43.5 Å². The van der Waals surface area contributed by atoms with Crippen molar-refractivity contribution in [2.24, 2.45) is 0 Å². The van der Waals surface area contributed by atoms with Gasteiger partial charge < -0.3 is 30.4 Å². The summed E-state index contributed by atoms with van der Waals surface area (Å²) in [5.41, 5.74) is 11.0. The average molecular weight is 507 g/mol. The van der Waals surface area contributed by atoms with Gasteiger partial charge in [0.1, 0.15) is 34.5 Å². The molecule has 4 aromatic rings. The molecule has 0 aliphatic carbocycles. The molecule has 2 saturated heterocycles. The number of aromatic amines is 1. The zero-order valence-corrected chi connectivity index (χ0v) is 20.6. The zero-order valence-electron chi connectivity index (χ0n) is 20.6. The minimum Gasteiger partial charge on any atom is -0.494 e. The Labute approximate surface area is 212 Å². The molecule has 192 valence electrons. The first-order chi connectivity index (χ1) is 17.9. The molecule has 8 nitrogen and oxygen atoms in total. The second kappa shape index (κ2) is 9.28. The summed E-state index contributed by atoms with van der Waals surface area (Å²) in [6.07, 6.45) is 2.54. The molecule has 37 heavy (non-hydrogen) atoms. The summed E-state index contributed by atoms with van der Waals surface area (Å²) < 4.78 is 40.2. The van der Waals surface area contributed by atoms with Crippen molar-refractivity contribution in [3.63, 3.8) is 0 Å². The number of fused-ring (bicyclic) bond motifs is 2. The van der Waals surface area contributed by atoms with E-state index in [1.54, 1.807) is 6.20 Å². The van der Waals surface area contributed by atoms with Crippen molar-refractivity contribution in [1.82, 2.24) is 20.3 Å². The number of hydrogen-bond acceptors (Lipinski definition) is 7. The van der Waals surface area contributed by atoms with E-state index in [-0.39, 0.29) is 23.8 Å². The number of aryl methyl sites for hydroxylation is 1. The van der Waals surface area contributed by atoms with Gasteiger partial charge in [-0.05, 0) is 42.7 Å². The highest BCUT2D eigenvalue weighted by atomic mass is 19.1. The highest BCUT2D eigenvalue weighted by Gasteiger charge is 2.35. The van der Waals surface area contributed by atoms with Crippen LogP contribution in [0.5, 0.6) is 5.75 Å². The molecular formula is C27H28F2N6O2. The third kappa shape index (κ3) is 4.25. The van der Waals surface area contributed by atoms with Crippen LogP contribution in [-0.2, 0) is 4.74 Å². The summed E-state index contributed by atoms with van der Waals surface area (Å²) in [5.74, 6) is 0.222. The number of rotatable bonds is 4. The first kappa shape index (κ1) is 23.6. The Morgan fingerprint density at radius 1 is 1.16 bits per heavy atom. The van der Waals surface area contributed by atoms with Crippen LogP contribution in [0.1, 0.15) is 12.0 Å². The minimum absolute atomic E-state index is 0.00306. The molecule has 4 heterocycles. The summed E-state index contributed by atoms with van der Waals surface area (Å²) in [6, 6.07) is 7.83. The van der Waals surface area contributed by atoms with Crippen LogP contribution in [0.25, 0.3) is 33.5 Å². The van der Waals surface area contributed by atoms with Crippen LogP contribution < -0.4 is 20.7 Å². The normalized spacial score (nSPS) is 19.7. The number of nitrogens with zero attached hydrogens (tertiary/aromatic N) is 3. The number of imidazole rings is 1. The Balaban J connectivity index is 1.57. The Bertz CT molecular complexity index is 1470. The van der Waals surface area contributed by atoms with Gasteiger partial charge in [0.2, 0.25) is 0 Å². The standard InChI is InChI=1S/C27H28F2N6O2/c1-14-7-15(9-16(28)8-14)18-12-32-26(30)23(25(18)35-5-3-19-22(13-35)37-6-4-31-19)27-33-20-10-17(29)11-21(36-2)24(20)34-27/h7-12,19,22,31H,3-6,13H2,1-2H3,(H2,30,32)(H,33,34)/t19-,22-/m0/s1. The predicted molar refractivity (Wildman–Crippen MR) is 139 cm³/mol. The van der Waals surface area contributed by atoms with Gasteiger partial charge in [-0.25, -0.2) is 18.7 Å². The fourth-order valence-electron chi connectivity index (χ4n) is 5.48. The molecule has 0 amide bonds. The van der Waals surface area contributed by atoms with Crippen molar-refractivity contribution in [2.45, 2.75) is 25.5 Å². The Hall–Kier alpha value is -3.76. The lowest BCUT2D eigenvalue weighted by molar-refractivity contribution is -0.00899. The summed E-state index contributed by atoms with van der Waals surface area (Å²) in [5, 5.41) is 3.54. The third-order valence-electron chi connectivity index (χ3n) is 7.12. The highest BCUT2D eigenvalue weighted by molar-refractivity contribution is 5.96. The highest BCUT2D eigenvalue weighted by Crippen LogP contribution is 2.43. The van der Waals surface area contributed by atoms with E-state index < -0.39 is 5.82 Å². The van der Waals surface area contributed by atoms with Gasteiger partial charge in [-0.3, -0.25) is 0 Å². The van der Waals surface area contributed by atoms with Crippen molar-refractivity contribution in [1.29, 1.82) is 0 Å². The van der Waals surface area contributed by atoms with Crippen LogP contribution in [0, 0.1) is 18.6 Å². The van der Waals surface area contributed by atoms with Gasteiger partial charge in [0.05, 0.1) is 36.6 Å².